The number of aromatic nitrogens is 3. The highest BCUT2D eigenvalue weighted by molar-refractivity contribution is 7.08. The summed E-state index contributed by atoms with van der Waals surface area (Å²) >= 11 is 1.62. The Morgan fingerprint density at radius 2 is 2.48 bits per heavy atom. The summed E-state index contributed by atoms with van der Waals surface area (Å²) in [4.78, 5) is 19.1. The van der Waals surface area contributed by atoms with Gasteiger partial charge in [0, 0.05) is 13.0 Å². The second-order valence-electron chi connectivity index (χ2n) is 5.81. The summed E-state index contributed by atoms with van der Waals surface area (Å²) in [5.74, 6) is 1.54. The highest BCUT2D eigenvalue weighted by atomic mass is 32.1. The molecule has 1 amide bonds. The van der Waals surface area contributed by atoms with E-state index in [0.717, 1.165) is 24.2 Å². The monoisotopic (exact) mass is 334 g/mol. The normalized spacial score (nSPS) is 19.7. The number of carbonyl (C=O) groups excluding carboxylic acids is 1. The predicted octanol–water partition coefficient (Wildman–Crippen LogP) is 2.52. The maximum absolute atomic E-state index is 12.7. The molecule has 0 bridgehead atoms. The second-order valence-corrected chi connectivity index (χ2v) is 6.59. The number of aryl methyl sites for hydroxylation is 1. The molecule has 2 aromatic rings. The number of morpholine rings is 1. The highest BCUT2D eigenvalue weighted by Gasteiger charge is 2.30. The van der Waals surface area contributed by atoms with Crippen molar-refractivity contribution < 1.29 is 9.53 Å². The molecule has 1 fully saturated rings. The zero-order valence-corrected chi connectivity index (χ0v) is 14.3. The third-order valence-electron chi connectivity index (χ3n) is 4.12. The molecule has 0 spiro atoms. The minimum Gasteiger partial charge on any atom is -0.366 e. The highest BCUT2D eigenvalue weighted by Crippen LogP contribution is 2.25. The SMILES string of the molecule is CCCc1nc([C@H]2CN(C(=O)[C@H](C)c3ccsc3)CCO2)n[nH]1. The van der Waals surface area contributed by atoms with Crippen molar-refractivity contribution in [2.75, 3.05) is 19.7 Å². The molecule has 0 unspecified atom stereocenters. The number of amides is 1. The van der Waals surface area contributed by atoms with E-state index in [1.807, 2.05) is 28.7 Å². The Kier molecular flexibility index (Phi) is 5.07. The first-order valence-corrected chi connectivity index (χ1v) is 8.97. The summed E-state index contributed by atoms with van der Waals surface area (Å²) in [5.41, 5.74) is 1.08. The summed E-state index contributed by atoms with van der Waals surface area (Å²) in [6, 6.07) is 2.01. The van der Waals surface area contributed by atoms with Crippen LogP contribution in [0.3, 0.4) is 0 Å². The van der Waals surface area contributed by atoms with Gasteiger partial charge in [-0.25, -0.2) is 4.98 Å². The quantitative estimate of drug-likeness (QED) is 0.912. The lowest BCUT2D eigenvalue weighted by atomic mass is 10.0. The molecular formula is C16H22N4O2S. The van der Waals surface area contributed by atoms with E-state index in [1.54, 1.807) is 11.3 Å². The van der Waals surface area contributed by atoms with Gasteiger partial charge in [-0.3, -0.25) is 9.89 Å². The molecule has 3 rings (SSSR count). The van der Waals surface area contributed by atoms with Crippen LogP contribution in [0.4, 0.5) is 0 Å². The Morgan fingerprint density at radius 3 is 3.22 bits per heavy atom. The van der Waals surface area contributed by atoms with Crippen LogP contribution in [0.15, 0.2) is 16.8 Å². The van der Waals surface area contributed by atoms with Crippen molar-refractivity contribution >= 4 is 17.2 Å². The average molecular weight is 334 g/mol. The summed E-state index contributed by atoms with van der Waals surface area (Å²) in [5, 5.41) is 11.2. The number of carbonyl (C=O) groups is 1. The number of H-pyrrole nitrogens is 1. The molecule has 1 saturated heterocycles. The van der Waals surface area contributed by atoms with Crippen LogP contribution in [0.25, 0.3) is 0 Å². The van der Waals surface area contributed by atoms with Crippen molar-refractivity contribution in [2.24, 2.45) is 0 Å². The summed E-state index contributed by atoms with van der Waals surface area (Å²) in [6.45, 7) is 5.71. The van der Waals surface area contributed by atoms with Gasteiger partial charge in [0.25, 0.3) is 0 Å². The minimum absolute atomic E-state index is 0.122. The Morgan fingerprint density at radius 1 is 1.61 bits per heavy atom. The molecule has 3 heterocycles. The van der Waals surface area contributed by atoms with Gasteiger partial charge < -0.3 is 9.64 Å². The molecule has 6 nitrogen and oxygen atoms in total. The second kappa shape index (κ2) is 7.23. The number of nitrogens with zero attached hydrogens (tertiary/aromatic N) is 3. The molecule has 7 heteroatoms. The first-order chi connectivity index (χ1) is 11.2. The van der Waals surface area contributed by atoms with Crippen LogP contribution in [0, 0.1) is 0 Å². The lowest BCUT2D eigenvalue weighted by molar-refractivity contribution is -0.140. The molecule has 1 aliphatic rings. The van der Waals surface area contributed by atoms with Crippen molar-refractivity contribution in [1.82, 2.24) is 20.1 Å². The fourth-order valence-corrected chi connectivity index (χ4v) is 3.50. The zero-order valence-electron chi connectivity index (χ0n) is 13.5. The zero-order chi connectivity index (χ0) is 16.2. The lowest BCUT2D eigenvalue weighted by Crippen LogP contribution is -2.44. The van der Waals surface area contributed by atoms with Gasteiger partial charge in [-0.05, 0) is 35.7 Å². The molecular weight excluding hydrogens is 312 g/mol. The van der Waals surface area contributed by atoms with Crippen LogP contribution < -0.4 is 0 Å². The first-order valence-electron chi connectivity index (χ1n) is 8.02. The standard InChI is InChI=1S/C16H22N4O2S/c1-3-4-14-17-15(19-18-14)13-9-20(6-7-22-13)16(21)11(2)12-5-8-23-10-12/h5,8,10-11,13H,3-4,6-7,9H2,1-2H3,(H,17,18,19)/t11-,13-/m1/s1. The number of rotatable bonds is 5. The first kappa shape index (κ1) is 16.1. The molecule has 124 valence electrons. The minimum atomic E-state index is -0.246. The molecule has 0 saturated carbocycles. The lowest BCUT2D eigenvalue weighted by Gasteiger charge is -2.33. The molecule has 1 N–H and O–H groups in total. The van der Waals surface area contributed by atoms with Crippen molar-refractivity contribution in [3.05, 3.63) is 34.0 Å². The molecule has 2 aromatic heterocycles. The average Bonchev–Trinajstić information content (AvgIpc) is 3.26. The third-order valence-corrected chi connectivity index (χ3v) is 4.82. The van der Waals surface area contributed by atoms with Gasteiger partial charge in [-0.2, -0.15) is 16.4 Å². The molecule has 0 radical (unpaired) electrons. The topological polar surface area (TPSA) is 71.1 Å². The molecule has 0 aromatic carbocycles. The number of nitrogens with one attached hydrogen (secondary N) is 1. The van der Waals surface area contributed by atoms with E-state index in [-0.39, 0.29) is 17.9 Å². The maximum Gasteiger partial charge on any atom is 0.230 e. The van der Waals surface area contributed by atoms with Gasteiger partial charge in [0.15, 0.2) is 5.82 Å². The Labute approximate surface area is 139 Å². The van der Waals surface area contributed by atoms with E-state index in [0.29, 0.717) is 25.5 Å². The van der Waals surface area contributed by atoms with E-state index in [9.17, 15) is 4.79 Å². The Hall–Kier alpha value is -1.73. The van der Waals surface area contributed by atoms with Crippen LogP contribution in [-0.2, 0) is 16.0 Å². The van der Waals surface area contributed by atoms with E-state index in [2.05, 4.69) is 22.1 Å². The largest absolute Gasteiger partial charge is 0.366 e. The number of thiophene rings is 1. The summed E-state index contributed by atoms with van der Waals surface area (Å²) in [7, 11) is 0. The predicted molar refractivity (Wildman–Crippen MR) is 88.4 cm³/mol. The maximum atomic E-state index is 12.7. The van der Waals surface area contributed by atoms with E-state index in [4.69, 9.17) is 4.74 Å². The van der Waals surface area contributed by atoms with Crippen LogP contribution in [-0.4, -0.2) is 45.7 Å². The number of hydrogen-bond acceptors (Lipinski definition) is 5. The number of ether oxygens (including phenoxy) is 1. The fourth-order valence-electron chi connectivity index (χ4n) is 2.75. The van der Waals surface area contributed by atoms with Crippen molar-refractivity contribution in [1.29, 1.82) is 0 Å². The van der Waals surface area contributed by atoms with Gasteiger partial charge >= 0.3 is 0 Å². The van der Waals surface area contributed by atoms with Crippen molar-refractivity contribution in [2.45, 2.75) is 38.7 Å². The Bertz CT molecular complexity index is 640. The fraction of sp³-hybridized carbons (Fsp3) is 0.562. The van der Waals surface area contributed by atoms with Crippen LogP contribution in [0.2, 0.25) is 0 Å². The molecule has 23 heavy (non-hydrogen) atoms. The van der Waals surface area contributed by atoms with Gasteiger partial charge in [-0.1, -0.05) is 6.92 Å². The van der Waals surface area contributed by atoms with E-state index >= 15 is 0 Å². The smallest absolute Gasteiger partial charge is 0.230 e. The summed E-state index contributed by atoms with van der Waals surface area (Å²) < 4.78 is 5.77. The third kappa shape index (κ3) is 3.61. The molecule has 1 aliphatic heterocycles. The molecule has 2 atom stereocenters. The van der Waals surface area contributed by atoms with E-state index < -0.39 is 0 Å². The van der Waals surface area contributed by atoms with Crippen LogP contribution >= 0.6 is 11.3 Å². The Balaban J connectivity index is 1.66. The molecule has 0 aliphatic carbocycles. The van der Waals surface area contributed by atoms with Crippen molar-refractivity contribution in [3.63, 3.8) is 0 Å². The van der Waals surface area contributed by atoms with Crippen LogP contribution in [0.1, 0.15) is 49.5 Å². The van der Waals surface area contributed by atoms with Gasteiger partial charge in [-0.15, -0.1) is 0 Å². The van der Waals surface area contributed by atoms with Gasteiger partial charge in [0.1, 0.15) is 11.9 Å². The van der Waals surface area contributed by atoms with Gasteiger partial charge in [0.05, 0.1) is 19.1 Å². The van der Waals surface area contributed by atoms with Crippen LogP contribution in [0.5, 0.6) is 0 Å². The summed E-state index contributed by atoms with van der Waals surface area (Å²) in [6.07, 6.45) is 1.64. The number of hydrogen-bond donors (Lipinski definition) is 1. The van der Waals surface area contributed by atoms with Gasteiger partial charge in [0.2, 0.25) is 5.91 Å². The number of aromatic amines is 1. The van der Waals surface area contributed by atoms with Crippen molar-refractivity contribution in [3.8, 4) is 0 Å². The van der Waals surface area contributed by atoms with E-state index in [1.165, 1.54) is 0 Å².